The maximum atomic E-state index is 12.4. The second kappa shape index (κ2) is 14.1. The average molecular weight is 425 g/mol. The van der Waals surface area contributed by atoms with Crippen LogP contribution in [0, 0.1) is 17.8 Å². The molecule has 0 saturated carbocycles. The second-order valence-electron chi connectivity index (χ2n) is 6.94. The summed E-state index contributed by atoms with van der Waals surface area (Å²) in [7, 11) is 0. The van der Waals surface area contributed by atoms with Gasteiger partial charge in [-0.3, -0.25) is 0 Å². The summed E-state index contributed by atoms with van der Waals surface area (Å²) < 4.78 is 6.77. The number of hydrogen-bond acceptors (Lipinski definition) is 1. The van der Waals surface area contributed by atoms with Crippen LogP contribution in [0.5, 0.6) is 0 Å². The van der Waals surface area contributed by atoms with Gasteiger partial charge in [-0.05, 0) is 0 Å². The summed E-state index contributed by atoms with van der Waals surface area (Å²) in [6, 6.07) is 0. The fraction of sp³-hybridized carbons (Fsp3) is 0.762. The third-order valence-electron chi connectivity index (χ3n) is 4.76. The van der Waals surface area contributed by atoms with E-state index in [0.717, 1.165) is 0 Å². The normalized spacial score (nSPS) is 12.9. The number of carbonyl (C=O) groups is 1. The van der Waals surface area contributed by atoms with E-state index in [2.05, 4.69) is 36.7 Å². The van der Waals surface area contributed by atoms with Crippen LogP contribution in [0.1, 0.15) is 79.6 Å². The maximum absolute atomic E-state index is 12.4. The van der Waals surface area contributed by atoms with E-state index >= 15 is 0 Å². The van der Waals surface area contributed by atoms with Gasteiger partial charge in [0.15, 0.2) is 0 Å². The molecule has 0 aliphatic rings. The molecule has 0 fully saturated rings. The van der Waals surface area contributed by atoms with Gasteiger partial charge in [-0.15, -0.1) is 0 Å². The van der Waals surface area contributed by atoms with E-state index in [4.69, 9.17) is 0 Å². The third-order valence-corrected chi connectivity index (χ3v) is 18.8. The van der Waals surface area contributed by atoms with Gasteiger partial charge in [0, 0.05) is 0 Å². The van der Waals surface area contributed by atoms with Crippen LogP contribution in [-0.2, 0) is 4.79 Å². The number of hydrogen-bond donors (Lipinski definition) is 0. The Labute approximate surface area is 149 Å². The molecule has 1 nitrogen and oxygen atoms in total. The zero-order valence-electron chi connectivity index (χ0n) is 16.2. The predicted octanol–water partition coefficient (Wildman–Crippen LogP) is 6.55. The van der Waals surface area contributed by atoms with E-state index in [1.54, 1.807) is 0 Å². The van der Waals surface area contributed by atoms with Crippen molar-refractivity contribution in [1.82, 2.24) is 0 Å². The molecule has 0 aliphatic heterocycles. The number of allylic oxidation sites excluding steroid dienone is 1. The van der Waals surface area contributed by atoms with Crippen molar-refractivity contribution in [2.75, 3.05) is 0 Å². The first-order valence-electron chi connectivity index (χ1n) is 9.67. The first-order valence-corrected chi connectivity index (χ1v) is 17.4. The Kier molecular flexibility index (Phi) is 14.0. The van der Waals surface area contributed by atoms with Crippen LogP contribution in [0.3, 0.4) is 0 Å². The van der Waals surface area contributed by atoms with Crippen molar-refractivity contribution in [1.29, 1.82) is 0 Å². The van der Waals surface area contributed by atoms with Gasteiger partial charge in [-0.1, -0.05) is 0 Å². The predicted molar refractivity (Wildman–Crippen MR) is 106 cm³/mol. The summed E-state index contributed by atoms with van der Waals surface area (Å²) in [5.41, 5.74) is 0. The molecule has 0 bridgehead atoms. The molecule has 2 heteroatoms. The Balaban J connectivity index is 5.07. The molecule has 0 amide bonds. The van der Waals surface area contributed by atoms with E-state index in [1.807, 2.05) is 19.9 Å². The number of unbranched alkanes of at least 4 members (excludes halogenated alkanes) is 3. The molecule has 0 saturated heterocycles. The van der Waals surface area contributed by atoms with Gasteiger partial charge in [0.25, 0.3) is 0 Å². The first-order chi connectivity index (χ1) is 11.0. The van der Waals surface area contributed by atoms with Gasteiger partial charge >= 0.3 is 150 Å². The van der Waals surface area contributed by atoms with E-state index in [0.29, 0.717) is 12.2 Å². The molecule has 0 spiro atoms. The van der Waals surface area contributed by atoms with Crippen molar-refractivity contribution >= 4 is 24.2 Å². The molecule has 0 aromatic carbocycles. The van der Waals surface area contributed by atoms with Crippen LogP contribution < -0.4 is 0 Å². The summed E-state index contributed by atoms with van der Waals surface area (Å²) in [5, 5.41) is 0. The van der Waals surface area contributed by atoms with Crippen LogP contribution in [0.25, 0.3) is 0 Å². The standard InChI is InChI=1S/C9H11O.3C4H9.Sn/c1-4-6-7-8(3)9(10)5-2;3*1-3-4-2;/h2,5,8H,7H2,1,3H3;3*1,3-4H2,2H3;/t8-;;;;/m0..../s1. The molecule has 0 heterocycles. The van der Waals surface area contributed by atoms with E-state index < -0.39 is 18.4 Å². The fourth-order valence-corrected chi connectivity index (χ4v) is 17.1. The Bertz CT molecular complexity index is 378. The van der Waals surface area contributed by atoms with Crippen LogP contribution in [-0.4, -0.2) is 24.2 Å². The van der Waals surface area contributed by atoms with Crippen LogP contribution in [0.4, 0.5) is 0 Å². The van der Waals surface area contributed by atoms with E-state index in [1.165, 1.54) is 51.8 Å². The zero-order valence-corrected chi connectivity index (χ0v) is 19.1. The van der Waals surface area contributed by atoms with E-state index in [9.17, 15) is 4.79 Å². The average Bonchev–Trinajstić information content (AvgIpc) is 2.58. The molecule has 0 aromatic rings. The van der Waals surface area contributed by atoms with Crippen molar-refractivity contribution in [2.24, 2.45) is 5.92 Å². The van der Waals surface area contributed by atoms with Crippen LogP contribution in [0.15, 0.2) is 10.2 Å². The van der Waals surface area contributed by atoms with Gasteiger partial charge in [-0.2, -0.15) is 0 Å². The van der Waals surface area contributed by atoms with Crippen molar-refractivity contribution in [3.63, 3.8) is 0 Å². The molecule has 0 aliphatic carbocycles. The Morgan fingerprint density at radius 3 is 1.87 bits per heavy atom. The van der Waals surface area contributed by atoms with Crippen molar-refractivity contribution in [3.8, 4) is 11.8 Å². The molecule has 0 unspecified atom stereocenters. The third kappa shape index (κ3) is 10.3. The van der Waals surface area contributed by atoms with Crippen LogP contribution >= 0.6 is 0 Å². The first kappa shape index (κ1) is 22.8. The van der Waals surface area contributed by atoms with E-state index in [-0.39, 0.29) is 5.92 Å². The van der Waals surface area contributed by atoms with Gasteiger partial charge in [0.05, 0.1) is 0 Å². The van der Waals surface area contributed by atoms with Gasteiger partial charge in [0.2, 0.25) is 0 Å². The quantitative estimate of drug-likeness (QED) is 0.186. The topological polar surface area (TPSA) is 17.1 Å². The molecule has 23 heavy (non-hydrogen) atoms. The monoisotopic (exact) mass is 426 g/mol. The Hall–Kier alpha value is -0.231. The zero-order chi connectivity index (χ0) is 17.6. The molecule has 1 atom stereocenters. The summed E-state index contributed by atoms with van der Waals surface area (Å²) in [6.07, 6.45) is 10.5. The molecule has 132 valence electrons. The molecular formula is C21H38OSn. The van der Waals surface area contributed by atoms with Crippen molar-refractivity contribution in [2.45, 2.75) is 92.9 Å². The molecule has 0 aromatic heterocycles. The summed E-state index contributed by atoms with van der Waals surface area (Å²) in [6.45, 7) is 10.7. The molecule has 0 radical (unpaired) electrons. The number of rotatable bonds is 13. The number of carbonyl (C=O) groups excluding carboxylic acids is 1. The molecule has 0 rings (SSSR count). The molecular weight excluding hydrogens is 387 g/mol. The fourth-order valence-electron chi connectivity index (χ4n) is 2.99. The minimum atomic E-state index is -2.29. The SMILES string of the molecule is CC#CC[C@H](C)C(=O)/C=[CH]/[Sn]([CH2]CCC)([CH2]CCC)[CH2]CCC. The summed E-state index contributed by atoms with van der Waals surface area (Å²) >= 11 is -2.29. The Morgan fingerprint density at radius 2 is 1.48 bits per heavy atom. The van der Waals surface area contributed by atoms with Crippen molar-refractivity contribution < 1.29 is 4.79 Å². The van der Waals surface area contributed by atoms with Gasteiger partial charge in [-0.25, -0.2) is 0 Å². The minimum absolute atomic E-state index is 0.0474. The second-order valence-corrected chi connectivity index (χ2v) is 19.9. The molecule has 0 N–H and O–H groups in total. The van der Waals surface area contributed by atoms with Gasteiger partial charge in [0.1, 0.15) is 0 Å². The summed E-state index contributed by atoms with van der Waals surface area (Å²) in [4.78, 5) is 12.4. The van der Waals surface area contributed by atoms with Gasteiger partial charge < -0.3 is 0 Å². The summed E-state index contributed by atoms with van der Waals surface area (Å²) in [5.74, 6) is 6.28. The Morgan fingerprint density at radius 1 is 1.00 bits per heavy atom. The van der Waals surface area contributed by atoms with Crippen LogP contribution in [0.2, 0.25) is 13.3 Å². The number of ketones is 1. The van der Waals surface area contributed by atoms with Crippen molar-refractivity contribution in [3.05, 3.63) is 10.2 Å².